The minimum Gasteiger partial charge on any atom is -0.384 e. The van der Waals surface area contributed by atoms with Gasteiger partial charge in [-0.2, -0.15) is 0 Å². The van der Waals surface area contributed by atoms with Crippen LogP contribution in [-0.4, -0.2) is 66.3 Å². The van der Waals surface area contributed by atoms with E-state index >= 15 is 0 Å². The fourth-order valence-electron chi connectivity index (χ4n) is 3.22. The van der Waals surface area contributed by atoms with Crippen molar-refractivity contribution in [1.29, 1.82) is 0 Å². The number of aliphatic hydroxyl groups is 1. The fraction of sp³-hybridized carbons (Fsp3) is 0.611. The van der Waals surface area contributed by atoms with Crippen molar-refractivity contribution in [3.8, 4) is 11.8 Å². The topological polar surface area (TPSA) is 53.0 Å². The third-order valence-corrected chi connectivity index (χ3v) is 5.37. The number of carbonyl (C=O) groups is 1. The molecule has 1 N–H and O–H groups in total. The molecule has 0 bridgehead atoms. The zero-order valence-corrected chi connectivity index (χ0v) is 14.7. The monoisotopic (exact) mass is 348 g/mol. The predicted octanol–water partition coefficient (Wildman–Crippen LogP) is 1.31. The zero-order valence-electron chi connectivity index (χ0n) is 13.9. The molecule has 6 heteroatoms. The number of hydrogen-bond donors (Lipinski definition) is 1. The molecule has 3 rings (SSSR count). The summed E-state index contributed by atoms with van der Waals surface area (Å²) >= 11 is 1.70. The third-order valence-electron chi connectivity index (χ3n) is 4.45. The number of aliphatic hydroxyl groups excluding tert-OH is 1. The minimum absolute atomic E-state index is 0.105. The van der Waals surface area contributed by atoms with Gasteiger partial charge in [-0.1, -0.05) is 11.8 Å². The lowest BCUT2D eigenvalue weighted by molar-refractivity contribution is -0.140. The van der Waals surface area contributed by atoms with Gasteiger partial charge in [0.05, 0.1) is 0 Å². The summed E-state index contributed by atoms with van der Waals surface area (Å²) in [4.78, 5) is 18.1. The van der Waals surface area contributed by atoms with Gasteiger partial charge in [0, 0.05) is 55.2 Å². The van der Waals surface area contributed by atoms with Gasteiger partial charge in [-0.25, -0.2) is 0 Å². The first-order valence-corrected chi connectivity index (χ1v) is 9.44. The number of thiophene rings is 1. The fourth-order valence-corrected chi connectivity index (χ4v) is 4.07. The maximum absolute atomic E-state index is 12.5. The third kappa shape index (κ3) is 4.58. The molecule has 0 radical (unpaired) electrons. The van der Waals surface area contributed by atoms with Crippen LogP contribution in [0.1, 0.15) is 29.7 Å². The van der Waals surface area contributed by atoms with Crippen molar-refractivity contribution in [2.75, 3.05) is 39.4 Å². The minimum atomic E-state index is -0.207. The van der Waals surface area contributed by atoms with Gasteiger partial charge in [0.15, 0.2) is 0 Å². The summed E-state index contributed by atoms with van der Waals surface area (Å²) in [6, 6.07) is 2.09. The van der Waals surface area contributed by atoms with Crippen molar-refractivity contribution >= 4 is 17.2 Å². The highest BCUT2D eigenvalue weighted by molar-refractivity contribution is 7.10. The van der Waals surface area contributed by atoms with Crippen LogP contribution < -0.4 is 0 Å². The smallest absolute Gasteiger partial charge is 0.251 e. The molecule has 1 atom stereocenters. The van der Waals surface area contributed by atoms with Crippen molar-refractivity contribution in [3.05, 3.63) is 21.9 Å². The van der Waals surface area contributed by atoms with Crippen LogP contribution in [-0.2, 0) is 16.1 Å². The van der Waals surface area contributed by atoms with Crippen molar-refractivity contribution in [1.82, 2.24) is 9.80 Å². The molecule has 0 aliphatic carbocycles. The van der Waals surface area contributed by atoms with Gasteiger partial charge in [0.2, 0.25) is 0 Å². The molecule has 1 aromatic rings. The lowest BCUT2D eigenvalue weighted by Crippen LogP contribution is -2.41. The Morgan fingerprint density at radius 1 is 1.33 bits per heavy atom. The molecule has 2 aliphatic rings. The molecule has 130 valence electrons. The van der Waals surface area contributed by atoms with Gasteiger partial charge >= 0.3 is 0 Å². The van der Waals surface area contributed by atoms with Crippen LogP contribution >= 0.6 is 11.3 Å². The Labute approximate surface area is 147 Å². The van der Waals surface area contributed by atoms with Gasteiger partial charge in [-0.05, 0) is 25.3 Å². The van der Waals surface area contributed by atoms with E-state index in [-0.39, 0.29) is 18.6 Å². The molecule has 1 unspecified atom stereocenters. The van der Waals surface area contributed by atoms with Crippen LogP contribution in [0, 0.1) is 11.8 Å². The standard InChI is InChI=1S/C18H24N2O3S/c21-10-1-4-15-12-16(24-14-15)13-19-6-3-7-20(9-8-19)18(22)17-5-2-11-23-17/h12,14,17,21H,2-3,5-11,13H2. The summed E-state index contributed by atoms with van der Waals surface area (Å²) in [6.07, 6.45) is 2.66. The molecule has 0 spiro atoms. The van der Waals surface area contributed by atoms with Crippen LogP contribution in [0.15, 0.2) is 11.4 Å². The van der Waals surface area contributed by atoms with E-state index in [1.54, 1.807) is 11.3 Å². The van der Waals surface area contributed by atoms with Crippen LogP contribution in [0.4, 0.5) is 0 Å². The number of hydrogen-bond acceptors (Lipinski definition) is 5. The first-order valence-electron chi connectivity index (χ1n) is 8.56. The molecular weight excluding hydrogens is 324 g/mol. The molecule has 2 fully saturated rings. The van der Waals surface area contributed by atoms with Gasteiger partial charge in [-0.15, -0.1) is 11.3 Å². The highest BCUT2D eigenvalue weighted by Gasteiger charge is 2.29. The summed E-state index contributed by atoms with van der Waals surface area (Å²) < 4.78 is 5.53. The number of amides is 1. The normalized spacial score (nSPS) is 22.0. The summed E-state index contributed by atoms with van der Waals surface area (Å²) in [7, 11) is 0. The second-order valence-corrected chi connectivity index (χ2v) is 7.21. The quantitative estimate of drug-likeness (QED) is 0.837. The van der Waals surface area contributed by atoms with Crippen molar-refractivity contribution in [2.45, 2.75) is 31.9 Å². The number of ether oxygens (including phenoxy) is 1. The Bertz CT molecular complexity index is 613. The second-order valence-electron chi connectivity index (χ2n) is 6.22. The molecule has 1 amide bonds. The Balaban J connectivity index is 1.51. The van der Waals surface area contributed by atoms with Crippen LogP contribution in [0.3, 0.4) is 0 Å². The van der Waals surface area contributed by atoms with E-state index in [1.165, 1.54) is 4.88 Å². The highest BCUT2D eigenvalue weighted by atomic mass is 32.1. The van der Waals surface area contributed by atoms with E-state index < -0.39 is 0 Å². The Morgan fingerprint density at radius 2 is 2.25 bits per heavy atom. The number of rotatable bonds is 3. The number of carbonyl (C=O) groups excluding carboxylic acids is 1. The Morgan fingerprint density at radius 3 is 3.04 bits per heavy atom. The Kier molecular flexibility index (Phi) is 6.27. The molecule has 24 heavy (non-hydrogen) atoms. The lowest BCUT2D eigenvalue weighted by atomic mass is 10.2. The van der Waals surface area contributed by atoms with Crippen LogP contribution in [0.2, 0.25) is 0 Å². The van der Waals surface area contributed by atoms with Crippen molar-refractivity contribution in [3.63, 3.8) is 0 Å². The van der Waals surface area contributed by atoms with Gasteiger partial charge in [0.1, 0.15) is 12.7 Å². The first kappa shape index (κ1) is 17.4. The van der Waals surface area contributed by atoms with E-state index in [2.05, 4.69) is 22.8 Å². The van der Waals surface area contributed by atoms with E-state index in [9.17, 15) is 4.79 Å². The molecule has 0 saturated carbocycles. The number of nitrogens with zero attached hydrogens (tertiary/aromatic N) is 2. The average Bonchev–Trinajstić information content (AvgIpc) is 3.22. The molecule has 3 heterocycles. The lowest BCUT2D eigenvalue weighted by Gasteiger charge is -2.24. The van der Waals surface area contributed by atoms with Crippen LogP contribution in [0.5, 0.6) is 0 Å². The average molecular weight is 348 g/mol. The Hall–Kier alpha value is -1.39. The summed E-state index contributed by atoms with van der Waals surface area (Å²) in [5.74, 6) is 5.79. The summed E-state index contributed by atoms with van der Waals surface area (Å²) in [5, 5.41) is 10.8. The summed E-state index contributed by atoms with van der Waals surface area (Å²) in [6.45, 7) is 5.02. The maximum Gasteiger partial charge on any atom is 0.251 e. The van der Waals surface area contributed by atoms with E-state index in [4.69, 9.17) is 9.84 Å². The SMILES string of the molecule is O=C(C1CCCO1)N1CCCN(Cc2cc(C#CCO)cs2)CC1. The first-order chi connectivity index (χ1) is 11.8. The zero-order chi connectivity index (χ0) is 16.8. The van der Waals surface area contributed by atoms with E-state index in [0.717, 1.165) is 64.2 Å². The van der Waals surface area contributed by atoms with E-state index in [0.29, 0.717) is 0 Å². The molecule has 2 saturated heterocycles. The predicted molar refractivity (Wildman–Crippen MR) is 93.7 cm³/mol. The molecule has 1 aromatic heterocycles. The largest absolute Gasteiger partial charge is 0.384 e. The van der Waals surface area contributed by atoms with E-state index in [1.807, 2.05) is 10.3 Å². The van der Waals surface area contributed by atoms with Crippen LogP contribution in [0.25, 0.3) is 0 Å². The van der Waals surface area contributed by atoms with Crippen molar-refractivity contribution in [2.24, 2.45) is 0 Å². The van der Waals surface area contributed by atoms with Gasteiger partial charge in [-0.3, -0.25) is 9.69 Å². The van der Waals surface area contributed by atoms with Crippen molar-refractivity contribution < 1.29 is 14.6 Å². The molecule has 2 aliphatic heterocycles. The maximum atomic E-state index is 12.5. The second kappa shape index (κ2) is 8.63. The molecular formula is C18H24N2O3S. The van der Waals surface area contributed by atoms with Gasteiger partial charge < -0.3 is 14.7 Å². The summed E-state index contributed by atoms with van der Waals surface area (Å²) in [5.41, 5.74) is 0.967. The highest BCUT2D eigenvalue weighted by Crippen LogP contribution is 2.19. The molecule has 5 nitrogen and oxygen atoms in total. The molecule has 0 aromatic carbocycles. The van der Waals surface area contributed by atoms with Gasteiger partial charge in [0.25, 0.3) is 5.91 Å².